The second kappa shape index (κ2) is 16.3. The topological polar surface area (TPSA) is 123 Å². The molecule has 4 N–H and O–H groups in total. The summed E-state index contributed by atoms with van der Waals surface area (Å²) in [6.07, 6.45) is 2.90. The van der Waals surface area contributed by atoms with Crippen LogP contribution < -0.4 is 16.4 Å². The zero-order chi connectivity index (χ0) is 23.2. The Morgan fingerprint density at radius 2 is 1.82 bits per heavy atom. The molecule has 1 fully saturated rings. The number of benzene rings is 1. The largest absolute Gasteiger partial charge is 0.466 e. The monoisotopic (exact) mass is 484 g/mol. The van der Waals surface area contributed by atoms with E-state index in [1.165, 1.54) is 6.92 Å². The number of alkyl carbamates (subject to hydrolysis) is 1. The summed E-state index contributed by atoms with van der Waals surface area (Å²) in [7, 11) is 0. The van der Waals surface area contributed by atoms with Gasteiger partial charge in [-0.25, -0.2) is 4.79 Å². The fourth-order valence-electron chi connectivity index (χ4n) is 3.57. The van der Waals surface area contributed by atoms with Gasteiger partial charge in [0.2, 0.25) is 5.91 Å². The number of hydrogen-bond acceptors (Lipinski definition) is 7. The molecular weight excluding hydrogens is 448 g/mol. The number of likely N-dealkylation sites (tertiary alicyclic amines) is 1. The van der Waals surface area contributed by atoms with Crippen molar-refractivity contribution in [2.75, 3.05) is 39.3 Å². The van der Waals surface area contributed by atoms with Gasteiger partial charge in [-0.15, -0.1) is 12.4 Å². The van der Waals surface area contributed by atoms with Crippen LogP contribution in [0, 0.1) is 5.92 Å². The first kappa shape index (κ1) is 28.7. The standard InChI is InChI=1S/C23H36N4O5.ClH/c1-18(28)31-15-10-19-8-13-27(14-9-19)22(29)21(24)16-25-11-5-12-26-23(30)32-17-20-6-3-2-4-7-20;/h2-4,6-7,19,21,25H,5,8-17,24H2,1H3,(H,26,30);1H. The molecule has 1 aliphatic rings. The molecule has 10 heteroatoms. The first-order chi connectivity index (χ1) is 15.5. The van der Waals surface area contributed by atoms with E-state index in [0.717, 1.165) is 24.8 Å². The Bertz CT molecular complexity index is 714. The van der Waals surface area contributed by atoms with Crippen LogP contribution in [-0.2, 0) is 25.7 Å². The van der Waals surface area contributed by atoms with Gasteiger partial charge in [-0.2, -0.15) is 0 Å². The van der Waals surface area contributed by atoms with Crippen molar-refractivity contribution in [3.63, 3.8) is 0 Å². The number of carbonyl (C=O) groups excluding carboxylic acids is 3. The van der Waals surface area contributed by atoms with Crippen LogP contribution in [0.5, 0.6) is 0 Å². The van der Waals surface area contributed by atoms with Crippen LogP contribution >= 0.6 is 12.4 Å². The van der Waals surface area contributed by atoms with Crippen molar-refractivity contribution in [1.82, 2.24) is 15.5 Å². The maximum Gasteiger partial charge on any atom is 0.407 e. The van der Waals surface area contributed by atoms with Gasteiger partial charge in [0.1, 0.15) is 6.61 Å². The predicted octanol–water partition coefficient (Wildman–Crippen LogP) is 1.83. The number of hydrogen-bond donors (Lipinski definition) is 3. The minimum absolute atomic E-state index is 0. The Kier molecular flexibility index (Phi) is 14.1. The molecule has 2 rings (SSSR count). The summed E-state index contributed by atoms with van der Waals surface area (Å²) in [4.78, 5) is 36.9. The maximum absolute atomic E-state index is 12.5. The predicted molar refractivity (Wildman–Crippen MR) is 128 cm³/mol. The van der Waals surface area contributed by atoms with E-state index in [4.69, 9.17) is 15.2 Å². The highest BCUT2D eigenvalue weighted by Crippen LogP contribution is 2.20. The Labute approximate surface area is 202 Å². The van der Waals surface area contributed by atoms with Gasteiger partial charge in [0.15, 0.2) is 0 Å². The third kappa shape index (κ3) is 11.9. The third-order valence-corrected chi connectivity index (χ3v) is 5.45. The van der Waals surface area contributed by atoms with Crippen molar-refractivity contribution in [2.24, 2.45) is 11.7 Å². The maximum atomic E-state index is 12.5. The molecule has 0 aromatic heterocycles. The van der Waals surface area contributed by atoms with Crippen molar-refractivity contribution in [2.45, 2.75) is 45.3 Å². The van der Waals surface area contributed by atoms with Gasteiger partial charge in [-0.1, -0.05) is 30.3 Å². The molecule has 1 aromatic carbocycles. The number of nitrogens with two attached hydrogens (primary N) is 1. The van der Waals surface area contributed by atoms with E-state index in [-0.39, 0.29) is 30.9 Å². The molecule has 0 radical (unpaired) electrons. The quantitative estimate of drug-likeness (QED) is 0.305. The molecular formula is C23H37ClN4O5. The number of piperidine rings is 1. The van der Waals surface area contributed by atoms with E-state index < -0.39 is 12.1 Å². The van der Waals surface area contributed by atoms with Gasteiger partial charge in [-0.3, -0.25) is 9.59 Å². The average molecular weight is 485 g/mol. The van der Waals surface area contributed by atoms with Gasteiger partial charge in [-0.05, 0) is 43.7 Å². The summed E-state index contributed by atoms with van der Waals surface area (Å²) in [6.45, 7) is 4.97. The van der Waals surface area contributed by atoms with E-state index >= 15 is 0 Å². The molecule has 1 unspecified atom stereocenters. The van der Waals surface area contributed by atoms with E-state index in [1.807, 2.05) is 35.2 Å². The lowest BCUT2D eigenvalue weighted by Gasteiger charge is -2.33. The summed E-state index contributed by atoms with van der Waals surface area (Å²) in [5, 5.41) is 5.88. The molecule has 1 heterocycles. The summed E-state index contributed by atoms with van der Waals surface area (Å²) >= 11 is 0. The number of carbonyl (C=O) groups is 3. The molecule has 1 aromatic rings. The van der Waals surface area contributed by atoms with E-state index in [0.29, 0.717) is 51.7 Å². The fraction of sp³-hybridized carbons (Fsp3) is 0.609. The molecule has 0 aliphatic carbocycles. The number of rotatable bonds is 12. The van der Waals surface area contributed by atoms with Crippen LogP contribution in [0.25, 0.3) is 0 Å². The molecule has 1 saturated heterocycles. The van der Waals surface area contributed by atoms with Crippen LogP contribution in [-0.4, -0.2) is 68.2 Å². The highest BCUT2D eigenvalue weighted by molar-refractivity contribution is 5.85. The van der Waals surface area contributed by atoms with Gasteiger partial charge in [0.05, 0.1) is 12.6 Å². The number of nitrogens with one attached hydrogen (secondary N) is 2. The van der Waals surface area contributed by atoms with Crippen molar-refractivity contribution in [3.8, 4) is 0 Å². The van der Waals surface area contributed by atoms with Crippen LogP contribution in [0.3, 0.4) is 0 Å². The average Bonchev–Trinajstić information content (AvgIpc) is 2.80. The Morgan fingerprint density at radius 3 is 2.48 bits per heavy atom. The van der Waals surface area contributed by atoms with Gasteiger partial charge in [0, 0.05) is 33.1 Å². The first-order valence-electron chi connectivity index (χ1n) is 11.3. The molecule has 1 atom stereocenters. The van der Waals surface area contributed by atoms with E-state index in [9.17, 15) is 14.4 Å². The zero-order valence-electron chi connectivity index (χ0n) is 19.3. The lowest BCUT2D eigenvalue weighted by molar-refractivity contribution is -0.141. The molecule has 1 aliphatic heterocycles. The number of ether oxygens (including phenoxy) is 2. The second-order valence-electron chi connectivity index (χ2n) is 8.05. The van der Waals surface area contributed by atoms with Gasteiger partial charge >= 0.3 is 12.1 Å². The number of amides is 2. The normalized spacial score (nSPS) is 14.7. The molecule has 2 amide bonds. The minimum atomic E-state index is -0.587. The van der Waals surface area contributed by atoms with Crippen LogP contribution in [0.2, 0.25) is 0 Å². The van der Waals surface area contributed by atoms with E-state index in [2.05, 4.69) is 10.6 Å². The Morgan fingerprint density at radius 1 is 1.12 bits per heavy atom. The summed E-state index contributed by atoms with van der Waals surface area (Å²) in [5.74, 6) is 0.174. The molecule has 0 bridgehead atoms. The molecule has 0 saturated carbocycles. The SMILES string of the molecule is CC(=O)OCCC1CCN(C(=O)C(N)CNCCCNC(=O)OCc2ccccc2)CC1.Cl. The summed E-state index contributed by atoms with van der Waals surface area (Å²) < 4.78 is 10.1. The lowest BCUT2D eigenvalue weighted by atomic mass is 9.93. The van der Waals surface area contributed by atoms with Crippen molar-refractivity contribution < 1.29 is 23.9 Å². The molecule has 186 valence electrons. The lowest BCUT2D eigenvalue weighted by Crippen LogP contribution is -2.51. The Hall–Kier alpha value is -2.36. The molecule has 0 spiro atoms. The first-order valence-corrected chi connectivity index (χ1v) is 11.3. The summed E-state index contributed by atoms with van der Waals surface area (Å²) in [6, 6.07) is 8.91. The number of esters is 1. The van der Waals surface area contributed by atoms with Crippen molar-refractivity contribution >= 4 is 30.4 Å². The third-order valence-electron chi connectivity index (χ3n) is 5.45. The van der Waals surface area contributed by atoms with Crippen LogP contribution in [0.4, 0.5) is 4.79 Å². The van der Waals surface area contributed by atoms with Crippen LogP contribution in [0.15, 0.2) is 30.3 Å². The molecule has 9 nitrogen and oxygen atoms in total. The van der Waals surface area contributed by atoms with Gasteiger partial charge in [0.25, 0.3) is 0 Å². The van der Waals surface area contributed by atoms with Crippen LogP contribution in [0.1, 0.15) is 38.2 Å². The smallest absolute Gasteiger partial charge is 0.407 e. The highest BCUT2D eigenvalue weighted by Gasteiger charge is 2.26. The Balaban J connectivity index is 0.00000544. The van der Waals surface area contributed by atoms with E-state index in [1.54, 1.807) is 0 Å². The number of halogens is 1. The minimum Gasteiger partial charge on any atom is -0.466 e. The van der Waals surface area contributed by atoms with Crippen molar-refractivity contribution in [1.29, 1.82) is 0 Å². The fourth-order valence-corrected chi connectivity index (χ4v) is 3.57. The molecule has 33 heavy (non-hydrogen) atoms. The zero-order valence-corrected chi connectivity index (χ0v) is 20.1. The second-order valence-corrected chi connectivity index (χ2v) is 8.05. The summed E-state index contributed by atoms with van der Waals surface area (Å²) in [5.41, 5.74) is 6.99. The van der Waals surface area contributed by atoms with Crippen molar-refractivity contribution in [3.05, 3.63) is 35.9 Å². The highest BCUT2D eigenvalue weighted by atomic mass is 35.5. The number of nitrogens with zero attached hydrogens (tertiary/aromatic N) is 1. The van der Waals surface area contributed by atoms with Gasteiger partial charge < -0.3 is 30.7 Å².